The minimum absolute atomic E-state index is 0.0404. The number of carbonyl (C=O) groups is 2. The molecule has 6 nitrogen and oxygen atoms in total. The fraction of sp³-hybridized carbons (Fsp3) is 0.483. The van der Waals surface area contributed by atoms with Crippen LogP contribution in [0.5, 0.6) is 0 Å². The highest BCUT2D eigenvalue weighted by Gasteiger charge is 2.30. The lowest BCUT2D eigenvalue weighted by Gasteiger charge is -2.28. The fourth-order valence-corrected chi connectivity index (χ4v) is 5.66. The number of carbonyl (C=O) groups excluding carboxylic acids is 2. The van der Waals surface area contributed by atoms with Crippen molar-refractivity contribution in [2.45, 2.75) is 70.3 Å². The Hall–Kier alpha value is -3.22. The first-order valence-electron chi connectivity index (χ1n) is 13.4. The molecular formula is C29H35FN4O2. The molecule has 7 heteroatoms. The third kappa shape index (κ3) is 5.61. The van der Waals surface area contributed by atoms with Gasteiger partial charge in [-0.3, -0.25) is 14.0 Å². The van der Waals surface area contributed by atoms with E-state index in [0.717, 1.165) is 55.1 Å². The molecule has 1 heterocycles. The van der Waals surface area contributed by atoms with Gasteiger partial charge in [-0.1, -0.05) is 38.5 Å². The number of aromatic nitrogens is 2. The maximum Gasteiger partial charge on any atom is 0.251 e. The van der Waals surface area contributed by atoms with Gasteiger partial charge in [0.05, 0.1) is 17.7 Å². The summed E-state index contributed by atoms with van der Waals surface area (Å²) in [5, 5.41) is 6.16. The molecule has 3 aromatic rings. The number of amides is 2. The van der Waals surface area contributed by atoms with Gasteiger partial charge in [0, 0.05) is 28.8 Å². The zero-order valence-electron chi connectivity index (χ0n) is 20.7. The lowest BCUT2D eigenvalue weighted by molar-refractivity contribution is -0.122. The van der Waals surface area contributed by atoms with Crippen molar-refractivity contribution in [1.29, 1.82) is 0 Å². The van der Waals surface area contributed by atoms with Crippen molar-refractivity contribution in [2.75, 3.05) is 12.0 Å². The number of hydrogen-bond acceptors (Lipinski definition) is 3. The topological polar surface area (TPSA) is 86.9 Å². The van der Waals surface area contributed by atoms with Gasteiger partial charge >= 0.3 is 0 Å². The van der Waals surface area contributed by atoms with E-state index in [1.807, 2.05) is 42.5 Å². The number of H-pyrrole nitrogens is 1. The number of hydrogen-bond donors (Lipinski definition) is 3. The number of benzene rings is 2. The molecule has 0 saturated heterocycles. The number of halogens is 1. The van der Waals surface area contributed by atoms with E-state index in [-0.39, 0.29) is 29.7 Å². The molecule has 2 fully saturated rings. The van der Waals surface area contributed by atoms with Gasteiger partial charge in [0.1, 0.15) is 5.82 Å². The van der Waals surface area contributed by atoms with Crippen LogP contribution in [-0.4, -0.2) is 34.5 Å². The normalized spacial score (nSPS) is 21.1. The third-order valence-corrected chi connectivity index (χ3v) is 7.81. The van der Waals surface area contributed by atoms with Crippen LogP contribution < -0.4 is 10.6 Å². The second-order valence-electron chi connectivity index (χ2n) is 10.4. The van der Waals surface area contributed by atoms with Crippen LogP contribution in [0.25, 0.3) is 22.4 Å². The zero-order chi connectivity index (χ0) is 24.9. The number of nitrogens with zero attached hydrogens (tertiary/aromatic N) is 1. The second kappa shape index (κ2) is 11.2. The molecule has 5 rings (SSSR count). The van der Waals surface area contributed by atoms with Gasteiger partial charge in [-0.15, -0.1) is 0 Å². The molecule has 0 aliphatic heterocycles. The van der Waals surface area contributed by atoms with Crippen molar-refractivity contribution in [1.82, 2.24) is 15.3 Å². The predicted molar refractivity (Wildman–Crippen MR) is 141 cm³/mol. The van der Waals surface area contributed by atoms with E-state index in [1.54, 1.807) is 0 Å². The highest BCUT2D eigenvalue weighted by molar-refractivity contribution is 5.98. The summed E-state index contributed by atoms with van der Waals surface area (Å²) in [7, 11) is 0. The fourth-order valence-electron chi connectivity index (χ4n) is 5.66. The van der Waals surface area contributed by atoms with Crippen molar-refractivity contribution < 1.29 is 14.0 Å². The summed E-state index contributed by atoms with van der Waals surface area (Å²) in [4.78, 5) is 33.6. The van der Waals surface area contributed by atoms with Gasteiger partial charge in [-0.2, -0.15) is 0 Å². The summed E-state index contributed by atoms with van der Waals surface area (Å²) in [6, 6.07) is 13.3. The smallest absolute Gasteiger partial charge is 0.251 e. The van der Waals surface area contributed by atoms with Crippen molar-refractivity contribution in [3.63, 3.8) is 0 Å². The quantitative estimate of drug-likeness (QED) is 0.350. The van der Waals surface area contributed by atoms with E-state index < -0.39 is 6.67 Å². The number of rotatable bonds is 6. The van der Waals surface area contributed by atoms with Gasteiger partial charge in [0.25, 0.3) is 5.91 Å². The highest BCUT2D eigenvalue weighted by atomic mass is 19.1. The van der Waals surface area contributed by atoms with E-state index in [2.05, 4.69) is 15.6 Å². The van der Waals surface area contributed by atoms with Crippen LogP contribution in [0.4, 0.5) is 10.1 Å². The molecule has 2 atom stereocenters. The lowest BCUT2D eigenvalue weighted by Crippen LogP contribution is -2.34. The van der Waals surface area contributed by atoms with Crippen LogP contribution in [-0.2, 0) is 4.79 Å². The Morgan fingerprint density at radius 1 is 0.917 bits per heavy atom. The Balaban J connectivity index is 1.25. The molecule has 2 aliphatic carbocycles. The van der Waals surface area contributed by atoms with Gasteiger partial charge in [0.15, 0.2) is 0 Å². The minimum Gasteiger partial charge on any atom is -0.349 e. The number of imidazole rings is 1. The van der Waals surface area contributed by atoms with E-state index in [1.165, 1.54) is 25.7 Å². The van der Waals surface area contributed by atoms with E-state index >= 15 is 0 Å². The van der Waals surface area contributed by atoms with Crippen LogP contribution in [0.3, 0.4) is 0 Å². The molecule has 1 aromatic heterocycles. The Bertz CT molecular complexity index is 1200. The number of nitrogens with one attached hydrogen (secondary N) is 3. The number of aromatic amines is 1. The highest BCUT2D eigenvalue weighted by Crippen LogP contribution is 2.32. The molecular weight excluding hydrogens is 455 g/mol. The molecule has 2 amide bonds. The first kappa shape index (κ1) is 24.5. The second-order valence-corrected chi connectivity index (χ2v) is 10.4. The molecule has 0 spiro atoms. The molecule has 0 bridgehead atoms. The predicted octanol–water partition coefficient (Wildman–Crippen LogP) is 6.40. The molecule has 2 saturated carbocycles. The van der Waals surface area contributed by atoms with Crippen LogP contribution in [0.2, 0.25) is 0 Å². The van der Waals surface area contributed by atoms with Crippen LogP contribution in [0, 0.1) is 11.8 Å². The van der Waals surface area contributed by atoms with Crippen molar-refractivity contribution in [2.24, 2.45) is 11.8 Å². The maximum atomic E-state index is 13.3. The van der Waals surface area contributed by atoms with E-state index in [4.69, 9.17) is 4.98 Å². The summed E-state index contributed by atoms with van der Waals surface area (Å²) in [6.45, 7) is -0.437. The summed E-state index contributed by atoms with van der Waals surface area (Å²) < 4.78 is 13.3. The van der Waals surface area contributed by atoms with Crippen molar-refractivity contribution in [3.05, 3.63) is 48.0 Å². The zero-order valence-corrected chi connectivity index (χ0v) is 20.7. The van der Waals surface area contributed by atoms with Gasteiger partial charge in [0.2, 0.25) is 5.91 Å². The molecule has 190 valence electrons. The number of fused-ring (bicyclic) bond motifs is 1. The average molecular weight is 491 g/mol. The van der Waals surface area contributed by atoms with Gasteiger partial charge in [-0.05, 0) is 74.1 Å². The first-order chi connectivity index (χ1) is 17.6. The third-order valence-electron chi connectivity index (χ3n) is 7.81. The molecule has 2 unspecified atom stereocenters. The van der Waals surface area contributed by atoms with Crippen LogP contribution in [0.15, 0.2) is 42.5 Å². The van der Waals surface area contributed by atoms with Crippen LogP contribution >= 0.6 is 0 Å². The van der Waals surface area contributed by atoms with Crippen molar-refractivity contribution >= 4 is 28.5 Å². The number of anilines is 1. The first-order valence-corrected chi connectivity index (χ1v) is 13.4. The average Bonchev–Trinajstić information content (AvgIpc) is 3.17. The summed E-state index contributed by atoms with van der Waals surface area (Å²) >= 11 is 0. The molecule has 2 aromatic carbocycles. The Morgan fingerprint density at radius 2 is 1.64 bits per heavy atom. The van der Waals surface area contributed by atoms with Crippen LogP contribution in [0.1, 0.15) is 74.6 Å². The Kier molecular flexibility index (Phi) is 7.63. The minimum atomic E-state index is -0.437. The summed E-state index contributed by atoms with van der Waals surface area (Å²) in [6.07, 6.45) is 10.5. The summed E-state index contributed by atoms with van der Waals surface area (Å²) in [5.41, 5.74) is 3.80. The van der Waals surface area contributed by atoms with Gasteiger partial charge in [-0.25, -0.2) is 4.98 Å². The lowest BCUT2D eigenvalue weighted by atomic mass is 9.79. The summed E-state index contributed by atoms with van der Waals surface area (Å²) in [5.74, 6) is 0.138. The molecule has 0 radical (unpaired) electrons. The Labute approximate surface area is 211 Å². The van der Waals surface area contributed by atoms with E-state index in [9.17, 15) is 14.0 Å². The monoisotopic (exact) mass is 490 g/mol. The maximum absolute atomic E-state index is 13.3. The molecule has 36 heavy (non-hydrogen) atoms. The SMILES string of the molecule is O=C(NC1CCCCCC1)c1ccc2[nH]c(-c3ccc(NC(=O)C4CCCCC4CF)cc3)nc2c1. The molecule has 2 aliphatic rings. The van der Waals surface area contributed by atoms with E-state index in [0.29, 0.717) is 17.1 Å². The molecule has 3 N–H and O–H groups in total. The number of alkyl halides is 1. The van der Waals surface area contributed by atoms with Gasteiger partial charge < -0.3 is 15.6 Å². The Morgan fingerprint density at radius 3 is 2.39 bits per heavy atom. The standard InChI is InChI=1S/C29H35FN4O2/c30-18-21-7-5-6-10-24(21)29(36)32-23-14-11-19(12-15-23)27-33-25-16-13-20(17-26(25)34-27)28(35)31-22-8-3-1-2-4-9-22/h11-17,21-22,24H,1-10,18H2,(H,31,35)(H,32,36)(H,33,34). The van der Waals surface area contributed by atoms with Crippen molar-refractivity contribution in [3.8, 4) is 11.4 Å². The largest absolute Gasteiger partial charge is 0.349 e.